The third-order valence-corrected chi connectivity index (χ3v) is 3.82. The number of nitrogens with one attached hydrogen (secondary N) is 1. The van der Waals surface area contributed by atoms with E-state index in [9.17, 15) is 8.78 Å². The van der Waals surface area contributed by atoms with Gasteiger partial charge in [0.15, 0.2) is 11.6 Å². The largest absolute Gasteiger partial charge is 0.310 e. The summed E-state index contributed by atoms with van der Waals surface area (Å²) in [6, 6.07) is 4.28. The first-order valence-corrected chi connectivity index (χ1v) is 8.03. The maximum Gasteiger partial charge on any atom is 0.163 e. The number of rotatable bonds is 10. The van der Waals surface area contributed by atoms with Crippen molar-refractivity contribution in [2.24, 2.45) is 0 Å². The van der Waals surface area contributed by atoms with Crippen LogP contribution in [-0.4, -0.2) is 31.1 Å². The topological polar surface area (TPSA) is 15.3 Å². The second kappa shape index (κ2) is 9.85. The third-order valence-electron chi connectivity index (χ3n) is 3.82. The van der Waals surface area contributed by atoms with E-state index in [0.29, 0.717) is 5.56 Å². The molecule has 0 aliphatic rings. The Morgan fingerprint density at radius 1 is 1.14 bits per heavy atom. The minimum absolute atomic E-state index is 0.138. The molecule has 0 aliphatic heterocycles. The molecule has 0 heterocycles. The predicted octanol–water partition coefficient (Wildman–Crippen LogP) is 4.13. The molecule has 0 aromatic heterocycles. The van der Waals surface area contributed by atoms with Gasteiger partial charge in [-0.3, -0.25) is 0 Å². The van der Waals surface area contributed by atoms with Gasteiger partial charge in [0.1, 0.15) is 0 Å². The molecular weight excluding hydrogens is 270 g/mol. The van der Waals surface area contributed by atoms with Gasteiger partial charge >= 0.3 is 0 Å². The molecule has 0 saturated carbocycles. The zero-order valence-electron chi connectivity index (χ0n) is 13.5. The highest BCUT2D eigenvalue weighted by Gasteiger charge is 2.18. The Labute approximate surface area is 127 Å². The fourth-order valence-corrected chi connectivity index (χ4v) is 2.52. The molecular formula is C17H28F2N2. The van der Waals surface area contributed by atoms with Crippen LogP contribution >= 0.6 is 0 Å². The van der Waals surface area contributed by atoms with Gasteiger partial charge in [-0.1, -0.05) is 39.3 Å². The van der Waals surface area contributed by atoms with E-state index < -0.39 is 11.6 Å². The summed E-state index contributed by atoms with van der Waals surface area (Å²) in [7, 11) is 0. The van der Waals surface area contributed by atoms with Crippen LogP contribution in [0.2, 0.25) is 0 Å². The lowest BCUT2D eigenvalue weighted by Gasteiger charge is -2.25. The molecule has 1 atom stereocenters. The summed E-state index contributed by atoms with van der Waals surface area (Å²) in [6.07, 6.45) is 3.13. The molecule has 4 heteroatoms. The van der Waals surface area contributed by atoms with Gasteiger partial charge in [0, 0.05) is 11.6 Å². The van der Waals surface area contributed by atoms with Gasteiger partial charge in [-0.05, 0) is 45.1 Å². The van der Waals surface area contributed by atoms with Crippen molar-refractivity contribution in [1.82, 2.24) is 10.2 Å². The molecule has 0 spiro atoms. The maximum atomic E-state index is 14.0. The quantitative estimate of drug-likeness (QED) is 0.699. The molecule has 0 fully saturated rings. The summed E-state index contributed by atoms with van der Waals surface area (Å²) in [5.41, 5.74) is 0.434. The van der Waals surface area contributed by atoms with Gasteiger partial charge in [-0.2, -0.15) is 0 Å². The summed E-state index contributed by atoms with van der Waals surface area (Å²) in [5.74, 6) is -1.49. The highest BCUT2D eigenvalue weighted by molar-refractivity contribution is 5.22. The van der Waals surface area contributed by atoms with E-state index in [4.69, 9.17) is 0 Å². The highest BCUT2D eigenvalue weighted by Crippen LogP contribution is 2.22. The molecule has 0 radical (unpaired) electrons. The van der Waals surface area contributed by atoms with Crippen molar-refractivity contribution in [3.05, 3.63) is 35.4 Å². The summed E-state index contributed by atoms with van der Waals surface area (Å²) < 4.78 is 27.4. The van der Waals surface area contributed by atoms with Crippen molar-refractivity contribution >= 4 is 0 Å². The summed E-state index contributed by atoms with van der Waals surface area (Å²) >= 11 is 0. The van der Waals surface area contributed by atoms with E-state index in [0.717, 1.165) is 32.6 Å². The fraction of sp³-hybridized carbons (Fsp3) is 0.647. The van der Waals surface area contributed by atoms with Crippen LogP contribution in [-0.2, 0) is 0 Å². The Morgan fingerprint density at radius 2 is 1.90 bits per heavy atom. The monoisotopic (exact) mass is 298 g/mol. The molecule has 0 aliphatic carbocycles. The molecule has 1 unspecified atom stereocenters. The minimum Gasteiger partial charge on any atom is -0.310 e. The van der Waals surface area contributed by atoms with E-state index in [1.54, 1.807) is 12.1 Å². The van der Waals surface area contributed by atoms with E-state index in [1.165, 1.54) is 18.9 Å². The molecule has 120 valence electrons. The lowest BCUT2D eigenvalue weighted by Crippen LogP contribution is -2.30. The van der Waals surface area contributed by atoms with Crippen LogP contribution in [0.25, 0.3) is 0 Å². The van der Waals surface area contributed by atoms with E-state index >= 15 is 0 Å². The lowest BCUT2D eigenvalue weighted by molar-refractivity contribution is 0.264. The molecule has 0 amide bonds. The number of benzene rings is 1. The Balaban J connectivity index is 2.71. The summed E-state index contributed by atoms with van der Waals surface area (Å²) in [4.78, 5) is 2.37. The normalized spacial score (nSPS) is 12.9. The summed E-state index contributed by atoms with van der Waals surface area (Å²) in [5, 5.41) is 3.27. The Bertz CT molecular complexity index is 410. The molecule has 2 nitrogen and oxygen atoms in total. The fourth-order valence-electron chi connectivity index (χ4n) is 2.52. The SMILES string of the molecule is CCCCN(CC)CCC(NCC)c1cccc(F)c1F. The predicted molar refractivity (Wildman–Crippen MR) is 84.4 cm³/mol. The maximum absolute atomic E-state index is 14.0. The number of hydrogen-bond acceptors (Lipinski definition) is 2. The van der Waals surface area contributed by atoms with Crippen LogP contribution in [0.15, 0.2) is 18.2 Å². The van der Waals surface area contributed by atoms with E-state index in [2.05, 4.69) is 24.1 Å². The van der Waals surface area contributed by atoms with Crippen LogP contribution in [0.5, 0.6) is 0 Å². The average molecular weight is 298 g/mol. The van der Waals surface area contributed by atoms with Gasteiger partial charge in [-0.25, -0.2) is 8.78 Å². The smallest absolute Gasteiger partial charge is 0.163 e. The van der Waals surface area contributed by atoms with Crippen molar-refractivity contribution in [3.8, 4) is 0 Å². The zero-order chi connectivity index (χ0) is 15.7. The van der Waals surface area contributed by atoms with Crippen molar-refractivity contribution in [3.63, 3.8) is 0 Å². The Kier molecular flexibility index (Phi) is 8.47. The average Bonchev–Trinajstić information content (AvgIpc) is 2.49. The van der Waals surface area contributed by atoms with Crippen LogP contribution in [0.3, 0.4) is 0 Å². The van der Waals surface area contributed by atoms with Gasteiger partial charge in [-0.15, -0.1) is 0 Å². The molecule has 1 aromatic carbocycles. The van der Waals surface area contributed by atoms with Crippen molar-refractivity contribution < 1.29 is 8.78 Å². The van der Waals surface area contributed by atoms with E-state index in [-0.39, 0.29) is 6.04 Å². The first kappa shape index (κ1) is 18.1. The van der Waals surface area contributed by atoms with Gasteiger partial charge in [0.05, 0.1) is 0 Å². The van der Waals surface area contributed by atoms with Crippen LogP contribution in [0.4, 0.5) is 8.78 Å². The molecule has 0 saturated heterocycles. The minimum atomic E-state index is -0.770. The first-order chi connectivity index (χ1) is 10.1. The first-order valence-electron chi connectivity index (χ1n) is 8.03. The number of halogens is 2. The van der Waals surface area contributed by atoms with Crippen LogP contribution < -0.4 is 5.32 Å². The number of nitrogens with zero attached hydrogens (tertiary/aromatic N) is 1. The zero-order valence-corrected chi connectivity index (χ0v) is 13.5. The lowest BCUT2D eigenvalue weighted by atomic mass is 10.0. The van der Waals surface area contributed by atoms with Crippen molar-refractivity contribution in [2.75, 3.05) is 26.2 Å². The number of unbranched alkanes of at least 4 members (excludes halogenated alkanes) is 1. The van der Waals surface area contributed by atoms with E-state index in [1.807, 2.05) is 6.92 Å². The van der Waals surface area contributed by atoms with Crippen LogP contribution in [0.1, 0.15) is 51.6 Å². The van der Waals surface area contributed by atoms with Gasteiger partial charge in [0.2, 0.25) is 0 Å². The molecule has 1 rings (SSSR count). The van der Waals surface area contributed by atoms with Crippen LogP contribution in [0, 0.1) is 11.6 Å². The molecule has 1 aromatic rings. The van der Waals surface area contributed by atoms with Crippen molar-refractivity contribution in [1.29, 1.82) is 0 Å². The summed E-state index contributed by atoms with van der Waals surface area (Å²) in [6.45, 7) is 9.99. The Morgan fingerprint density at radius 3 is 2.52 bits per heavy atom. The standard InChI is InChI=1S/C17H28F2N2/c1-4-7-12-21(6-3)13-11-16(20-5-2)14-9-8-10-15(18)17(14)19/h8-10,16,20H,4-7,11-13H2,1-3H3. The number of hydrogen-bond donors (Lipinski definition) is 1. The molecule has 0 bridgehead atoms. The van der Waals surface area contributed by atoms with Crippen molar-refractivity contribution in [2.45, 2.75) is 46.1 Å². The molecule has 1 N–H and O–H groups in total. The molecule has 21 heavy (non-hydrogen) atoms. The van der Waals surface area contributed by atoms with Gasteiger partial charge in [0.25, 0.3) is 0 Å². The third kappa shape index (κ3) is 5.71. The second-order valence-electron chi connectivity index (χ2n) is 5.33. The Hall–Kier alpha value is -1.00. The van der Waals surface area contributed by atoms with Gasteiger partial charge < -0.3 is 10.2 Å². The second-order valence-corrected chi connectivity index (χ2v) is 5.33. The highest BCUT2D eigenvalue weighted by atomic mass is 19.2.